The minimum atomic E-state index is 0.486. The van der Waals surface area contributed by atoms with Gasteiger partial charge in [-0.25, -0.2) is 0 Å². The number of hydrogen-bond donors (Lipinski definition) is 1. The molecule has 3 nitrogen and oxygen atoms in total. The molecule has 0 aliphatic heterocycles. The van der Waals surface area contributed by atoms with Crippen LogP contribution in [0.2, 0.25) is 0 Å². The van der Waals surface area contributed by atoms with Crippen LogP contribution in [0, 0.1) is 6.92 Å². The maximum absolute atomic E-state index is 5.98. The molecule has 0 saturated heterocycles. The maximum atomic E-state index is 5.98. The number of aromatic nitrogens is 1. The number of hydrogen-bond acceptors (Lipinski definition) is 3. The molecule has 1 aromatic carbocycles. The number of benzene rings is 1. The average Bonchev–Trinajstić information content (AvgIpc) is 2.42. The lowest BCUT2D eigenvalue weighted by atomic mass is 10.0. The summed E-state index contributed by atoms with van der Waals surface area (Å²) in [6.45, 7) is 7.03. The van der Waals surface area contributed by atoms with E-state index < -0.39 is 0 Å². The summed E-state index contributed by atoms with van der Waals surface area (Å²) in [6, 6.07) is 8.36. The molecule has 0 spiro atoms. The van der Waals surface area contributed by atoms with E-state index in [0.717, 1.165) is 29.0 Å². The van der Waals surface area contributed by atoms with Gasteiger partial charge < -0.3 is 10.5 Å². The summed E-state index contributed by atoms with van der Waals surface area (Å²) in [5.41, 5.74) is 9.07. The first kappa shape index (κ1) is 14.5. The van der Waals surface area contributed by atoms with E-state index in [1.54, 1.807) is 6.20 Å². The number of nitrogens with zero attached hydrogens (tertiary/aromatic N) is 1. The van der Waals surface area contributed by atoms with Crippen molar-refractivity contribution in [2.45, 2.75) is 33.1 Å². The standard InChI is InChI=1S/C17H22N2O/c1-12(2)15-5-4-13(3)17(9-15)20-16-8-14(6-7-18)10-19-11-16/h4-5,8-12H,6-7,18H2,1-3H3. The van der Waals surface area contributed by atoms with Gasteiger partial charge in [0, 0.05) is 6.20 Å². The van der Waals surface area contributed by atoms with E-state index in [2.05, 4.69) is 44.0 Å². The van der Waals surface area contributed by atoms with Crippen molar-refractivity contribution in [3.05, 3.63) is 53.3 Å². The molecule has 20 heavy (non-hydrogen) atoms. The van der Waals surface area contributed by atoms with Crippen LogP contribution in [0.25, 0.3) is 0 Å². The summed E-state index contributed by atoms with van der Waals surface area (Å²) in [5.74, 6) is 2.14. The lowest BCUT2D eigenvalue weighted by Crippen LogP contribution is -2.03. The third-order valence-electron chi connectivity index (χ3n) is 3.31. The molecule has 3 heteroatoms. The number of pyridine rings is 1. The first-order valence-electron chi connectivity index (χ1n) is 7.02. The molecule has 0 fully saturated rings. The van der Waals surface area contributed by atoms with Gasteiger partial charge in [0.05, 0.1) is 6.20 Å². The second-order valence-corrected chi connectivity index (χ2v) is 5.35. The monoisotopic (exact) mass is 270 g/mol. The first-order chi connectivity index (χ1) is 9.60. The molecule has 0 bridgehead atoms. The van der Waals surface area contributed by atoms with Crippen LogP contribution in [0.4, 0.5) is 0 Å². The highest BCUT2D eigenvalue weighted by Gasteiger charge is 2.06. The Labute approximate surface area is 120 Å². The molecule has 2 rings (SSSR count). The summed E-state index contributed by atoms with van der Waals surface area (Å²) in [6.07, 6.45) is 4.38. The Morgan fingerprint density at radius 2 is 2.00 bits per heavy atom. The van der Waals surface area contributed by atoms with Crippen LogP contribution in [0.1, 0.15) is 36.5 Å². The highest BCUT2D eigenvalue weighted by Crippen LogP contribution is 2.28. The summed E-state index contributed by atoms with van der Waals surface area (Å²) in [4.78, 5) is 4.21. The van der Waals surface area contributed by atoms with Gasteiger partial charge in [-0.05, 0) is 54.6 Å². The Bertz CT molecular complexity index is 579. The smallest absolute Gasteiger partial charge is 0.145 e. The van der Waals surface area contributed by atoms with E-state index in [0.29, 0.717) is 12.5 Å². The van der Waals surface area contributed by atoms with Gasteiger partial charge in [-0.2, -0.15) is 0 Å². The molecule has 0 aliphatic carbocycles. The third kappa shape index (κ3) is 3.58. The van der Waals surface area contributed by atoms with E-state index >= 15 is 0 Å². The predicted octanol–water partition coefficient (Wildman–Crippen LogP) is 3.81. The van der Waals surface area contributed by atoms with E-state index in [1.807, 2.05) is 12.3 Å². The second-order valence-electron chi connectivity index (χ2n) is 5.35. The van der Waals surface area contributed by atoms with Gasteiger partial charge in [-0.1, -0.05) is 26.0 Å². The van der Waals surface area contributed by atoms with Crippen molar-refractivity contribution >= 4 is 0 Å². The Kier molecular flexibility index (Phi) is 4.74. The molecule has 0 aliphatic rings. The zero-order valence-corrected chi connectivity index (χ0v) is 12.4. The van der Waals surface area contributed by atoms with Crippen molar-refractivity contribution in [1.82, 2.24) is 4.98 Å². The minimum absolute atomic E-state index is 0.486. The van der Waals surface area contributed by atoms with Crippen LogP contribution >= 0.6 is 0 Å². The number of ether oxygens (including phenoxy) is 1. The van der Waals surface area contributed by atoms with Crippen LogP contribution in [-0.4, -0.2) is 11.5 Å². The van der Waals surface area contributed by atoms with E-state index in [-0.39, 0.29) is 0 Å². The fourth-order valence-electron chi connectivity index (χ4n) is 2.04. The first-order valence-corrected chi connectivity index (χ1v) is 7.02. The van der Waals surface area contributed by atoms with Gasteiger partial charge in [0.15, 0.2) is 0 Å². The molecule has 2 aromatic rings. The van der Waals surface area contributed by atoms with Crippen LogP contribution in [0.5, 0.6) is 11.5 Å². The van der Waals surface area contributed by atoms with Gasteiger partial charge >= 0.3 is 0 Å². The molecule has 0 amide bonds. The van der Waals surface area contributed by atoms with E-state index in [9.17, 15) is 0 Å². The van der Waals surface area contributed by atoms with Crippen LogP contribution < -0.4 is 10.5 Å². The molecular weight excluding hydrogens is 248 g/mol. The van der Waals surface area contributed by atoms with Gasteiger partial charge in [-0.15, -0.1) is 0 Å². The SMILES string of the molecule is Cc1ccc(C(C)C)cc1Oc1cncc(CCN)c1. The van der Waals surface area contributed by atoms with Gasteiger partial charge in [0.1, 0.15) is 11.5 Å². The van der Waals surface area contributed by atoms with E-state index in [4.69, 9.17) is 10.5 Å². The highest BCUT2D eigenvalue weighted by atomic mass is 16.5. The third-order valence-corrected chi connectivity index (χ3v) is 3.31. The van der Waals surface area contributed by atoms with Crippen molar-refractivity contribution in [2.24, 2.45) is 5.73 Å². The molecule has 0 saturated carbocycles. The molecule has 0 radical (unpaired) electrons. The molecular formula is C17H22N2O. The number of rotatable bonds is 5. The fraction of sp³-hybridized carbons (Fsp3) is 0.353. The van der Waals surface area contributed by atoms with Crippen LogP contribution in [-0.2, 0) is 6.42 Å². The van der Waals surface area contributed by atoms with Crippen molar-refractivity contribution < 1.29 is 4.74 Å². The molecule has 1 heterocycles. The van der Waals surface area contributed by atoms with Gasteiger partial charge in [-0.3, -0.25) is 4.98 Å². The summed E-state index contributed by atoms with van der Waals surface area (Å²) in [5, 5.41) is 0. The fourth-order valence-corrected chi connectivity index (χ4v) is 2.04. The Morgan fingerprint density at radius 3 is 2.70 bits per heavy atom. The molecule has 1 aromatic heterocycles. The highest BCUT2D eigenvalue weighted by molar-refractivity contribution is 5.41. The van der Waals surface area contributed by atoms with Crippen molar-refractivity contribution in [1.29, 1.82) is 0 Å². The largest absolute Gasteiger partial charge is 0.455 e. The summed E-state index contributed by atoms with van der Waals surface area (Å²) in [7, 11) is 0. The van der Waals surface area contributed by atoms with Gasteiger partial charge in [0.2, 0.25) is 0 Å². The summed E-state index contributed by atoms with van der Waals surface area (Å²) < 4.78 is 5.98. The number of nitrogens with two attached hydrogens (primary N) is 1. The van der Waals surface area contributed by atoms with E-state index in [1.165, 1.54) is 5.56 Å². The molecule has 0 unspecified atom stereocenters. The van der Waals surface area contributed by atoms with Crippen LogP contribution in [0.3, 0.4) is 0 Å². The van der Waals surface area contributed by atoms with Crippen molar-refractivity contribution in [3.63, 3.8) is 0 Å². The lowest BCUT2D eigenvalue weighted by Gasteiger charge is -2.13. The quantitative estimate of drug-likeness (QED) is 0.898. The summed E-state index contributed by atoms with van der Waals surface area (Å²) >= 11 is 0. The average molecular weight is 270 g/mol. The lowest BCUT2D eigenvalue weighted by molar-refractivity contribution is 0.474. The Balaban J connectivity index is 2.25. The zero-order valence-electron chi connectivity index (χ0n) is 12.4. The predicted molar refractivity (Wildman–Crippen MR) is 82.3 cm³/mol. The van der Waals surface area contributed by atoms with Crippen LogP contribution in [0.15, 0.2) is 36.7 Å². The minimum Gasteiger partial charge on any atom is -0.455 e. The normalized spacial score (nSPS) is 10.8. The Morgan fingerprint density at radius 1 is 1.20 bits per heavy atom. The Hall–Kier alpha value is -1.87. The maximum Gasteiger partial charge on any atom is 0.145 e. The molecule has 2 N–H and O–H groups in total. The molecule has 0 atom stereocenters. The zero-order chi connectivity index (χ0) is 14.5. The second kappa shape index (κ2) is 6.53. The van der Waals surface area contributed by atoms with Gasteiger partial charge in [0.25, 0.3) is 0 Å². The van der Waals surface area contributed by atoms with Crippen molar-refractivity contribution in [3.8, 4) is 11.5 Å². The number of aryl methyl sites for hydroxylation is 1. The molecule has 106 valence electrons. The van der Waals surface area contributed by atoms with Crippen molar-refractivity contribution in [2.75, 3.05) is 6.54 Å². The topological polar surface area (TPSA) is 48.1 Å².